The zero-order valence-electron chi connectivity index (χ0n) is 13.0. The molecule has 1 aromatic carbocycles. The minimum absolute atomic E-state index is 0.0432. The van der Waals surface area contributed by atoms with Crippen LogP contribution in [0.5, 0.6) is 5.75 Å². The number of hydrogen-bond acceptors (Lipinski definition) is 3. The molecule has 2 rings (SSSR count). The van der Waals surface area contributed by atoms with Crippen molar-refractivity contribution in [3.63, 3.8) is 0 Å². The van der Waals surface area contributed by atoms with Crippen molar-refractivity contribution in [3.8, 4) is 5.75 Å². The van der Waals surface area contributed by atoms with Crippen LogP contribution >= 0.6 is 15.9 Å². The number of benzene rings is 1. The lowest BCUT2D eigenvalue weighted by molar-refractivity contribution is 0.402. The average molecular weight is 352 g/mol. The molecular formula is C16H22BrN3O. The first kappa shape index (κ1) is 16.0. The summed E-state index contributed by atoms with van der Waals surface area (Å²) < 4.78 is 8.58. The summed E-state index contributed by atoms with van der Waals surface area (Å²) in [7, 11) is 1.71. The van der Waals surface area contributed by atoms with Crippen molar-refractivity contribution in [3.05, 3.63) is 45.7 Å². The molecule has 0 amide bonds. The first-order valence-corrected chi connectivity index (χ1v) is 8.00. The molecule has 1 heterocycles. The van der Waals surface area contributed by atoms with E-state index >= 15 is 0 Å². The molecule has 0 saturated heterocycles. The van der Waals surface area contributed by atoms with Crippen molar-refractivity contribution < 1.29 is 4.74 Å². The van der Waals surface area contributed by atoms with Crippen LogP contribution in [0.25, 0.3) is 0 Å². The van der Waals surface area contributed by atoms with Gasteiger partial charge in [-0.15, -0.1) is 0 Å². The Morgan fingerprint density at radius 2 is 2.14 bits per heavy atom. The Hall–Kier alpha value is -1.33. The van der Waals surface area contributed by atoms with Gasteiger partial charge in [0, 0.05) is 12.1 Å². The van der Waals surface area contributed by atoms with Crippen LogP contribution in [0.15, 0.2) is 28.9 Å². The van der Waals surface area contributed by atoms with Crippen LogP contribution in [-0.2, 0) is 6.54 Å². The maximum Gasteiger partial charge on any atom is 0.124 e. The number of hydrogen-bond donors (Lipinski definition) is 1. The number of aryl methyl sites for hydroxylation is 2. The lowest BCUT2D eigenvalue weighted by Gasteiger charge is -2.23. The molecule has 5 heteroatoms. The molecule has 1 atom stereocenters. The van der Waals surface area contributed by atoms with Gasteiger partial charge in [0.05, 0.1) is 29.5 Å². The van der Waals surface area contributed by atoms with Crippen LogP contribution in [-0.4, -0.2) is 23.4 Å². The van der Waals surface area contributed by atoms with E-state index in [0.717, 1.165) is 34.6 Å². The van der Waals surface area contributed by atoms with Gasteiger partial charge in [-0.25, -0.2) is 0 Å². The summed E-state index contributed by atoms with van der Waals surface area (Å²) in [6.45, 7) is 7.99. The van der Waals surface area contributed by atoms with Crippen molar-refractivity contribution in [1.29, 1.82) is 0 Å². The first-order chi connectivity index (χ1) is 10.1. The third-order valence-corrected chi connectivity index (χ3v) is 4.12. The molecule has 2 aromatic rings. The van der Waals surface area contributed by atoms with E-state index in [2.05, 4.69) is 59.2 Å². The summed E-state index contributed by atoms with van der Waals surface area (Å²) in [6.07, 6.45) is 1.85. The van der Waals surface area contributed by atoms with Gasteiger partial charge in [0.25, 0.3) is 0 Å². The van der Waals surface area contributed by atoms with Gasteiger partial charge >= 0.3 is 0 Å². The van der Waals surface area contributed by atoms with Crippen LogP contribution in [0.2, 0.25) is 0 Å². The zero-order chi connectivity index (χ0) is 15.4. The van der Waals surface area contributed by atoms with Gasteiger partial charge in [-0.2, -0.15) is 5.10 Å². The quantitative estimate of drug-likeness (QED) is 0.862. The molecule has 0 fully saturated rings. The number of nitrogens with one attached hydrogen (secondary N) is 1. The molecule has 0 aliphatic heterocycles. The van der Waals surface area contributed by atoms with Gasteiger partial charge in [-0.3, -0.25) is 4.68 Å². The Kier molecular flexibility index (Phi) is 5.42. The summed E-state index contributed by atoms with van der Waals surface area (Å²) in [5.41, 5.74) is 3.48. The Bertz CT molecular complexity index is 610. The van der Waals surface area contributed by atoms with Crippen molar-refractivity contribution in [2.75, 3.05) is 13.7 Å². The van der Waals surface area contributed by atoms with Crippen LogP contribution in [0.1, 0.15) is 36.7 Å². The standard InChI is InChI=1S/C16H22BrN3O/c1-5-18-15(16-13(17)10-19-20(16)6-2)12-9-11(3)7-8-14(12)21-4/h7-10,15,18H,5-6H2,1-4H3. The van der Waals surface area contributed by atoms with Gasteiger partial charge < -0.3 is 10.1 Å². The Morgan fingerprint density at radius 1 is 1.38 bits per heavy atom. The fraction of sp³-hybridized carbons (Fsp3) is 0.438. The van der Waals surface area contributed by atoms with E-state index in [1.54, 1.807) is 7.11 Å². The molecule has 0 spiro atoms. The Labute approximate surface area is 134 Å². The number of aromatic nitrogens is 2. The molecule has 114 valence electrons. The van der Waals surface area contributed by atoms with Crippen LogP contribution in [0, 0.1) is 6.92 Å². The highest BCUT2D eigenvalue weighted by Gasteiger charge is 2.23. The summed E-state index contributed by atoms with van der Waals surface area (Å²) >= 11 is 3.63. The van der Waals surface area contributed by atoms with Crippen LogP contribution in [0.4, 0.5) is 0 Å². The number of rotatable bonds is 6. The van der Waals surface area contributed by atoms with E-state index in [9.17, 15) is 0 Å². The number of methoxy groups -OCH3 is 1. The zero-order valence-corrected chi connectivity index (χ0v) is 14.6. The second-order valence-corrected chi connectivity index (χ2v) is 5.78. The lowest BCUT2D eigenvalue weighted by Crippen LogP contribution is -2.25. The van der Waals surface area contributed by atoms with Gasteiger partial charge in [-0.1, -0.05) is 24.6 Å². The Balaban J connectivity index is 2.58. The number of nitrogens with zero attached hydrogens (tertiary/aromatic N) is 2. The second-order valence-electron chi connectivity index (χ2n) is 4.93. The fourth-order valence-corrected chi connectivity index (χ4v) is 3.07. The van der Waals surface area contributed by atoms with Gasteiger partial charge in [0.2, 0.25) is 0 Å². The van der Waals surface area contributed by atoms with E-state index < -0.39 is 0 Å². The maximum atomic E-state index is 5.55. The largest absolute Gasteiger partial charge is 0.496 e. The van der Waals surface area contributed by atoms with E-state index in [4.69, 9.17) is 4.74 Å². The van der Waals surface area contributed by atoms with Gasteiger partial charge in [0.15, 0.2) is 0 Å². The smallest absolute Gasteiger partial charge is 0.124 e. The van der Waals surface area contributed by atoms with Gasteiger partial charge in [0.1, 0.15) is 5.75 Å². The molecule has 0 aliphatic rings. The number of ether oxygens (including phenoxy) is 1. The average Bonchev–Trinajstić information content (AvgIpc) is 2.85. The maximum absolute atomic E-state index is 5.55. The van der Waals surface area contributed by atoms with E-state index in [-0.39, 0.29) is 6.04 Å². The highest BCUT2D eigenvalue weighted by atomic mass is 79.9. The first-order valence-electron chi connectivity index (χ1n) is 7.21. The van der Waals surface area contributed by atoms with E-state index in [0.29, 0.717) is 0 Å². The molecular weight excluding hydrogens is 330 g/mol. The third-order valence-electron chi connectivity index (χ3n) is 3.51. The molecule has 0 aliphatic carbocycles. The van der Waals surface area contributed by atoms with Crippen molar-refractivity contribution >= 4 is 15.9 Å². The lowest BCUT2D eigenvalue weighted by atomic mass is 10.00. The molecule has 0 saturated carbocycles. The number of halogens is 1. The molecule has 0 bridgehead atoms. The summed E-state index contributed by atoms with van der Waals surface area (Å²) in [4.78, 5) is 0. The molecule has 1 aromatic heterocycles. The van der Waals surface area contributed by atoms with Crippen LogP contribution in [0.3, 0.4) is 0 Å². The molecule has 1 unspecified atom stereocenters. The summed E-state index contributed by atoms with van der Waals surface area (Å²) in [5.74, 6) is 0.891. The van der Waals surface area contributed by atoms with E-state index in [1.165, 1.54) is 5.56 Å². The van der Waals surface area contributed by atoms with Crippen molar-refractivity contribution in [2.45, 2.75) is 33.4 Å². The summed E-state index contributed by atoms with van der Waals surface area (Å²) in [5, 5.41) is 7.98. The predicted octanol–water partition coefficient (Wildman–Crippen LogP) is 3.68. The highest BCUT2D eigenvalue weighted by molar-refractivity contribution is 9.10. The predicted molar refractivity (Wildman–Crippen MR) is 88.9 cm³/mol. The normalized spacial score (nSPS) is 12.4. The van der Waals surface area contributed by atoms with Gasteiger partial charge in [-0.05, 0) is 42.4 Å². The monoisotopic (exact) mass is 351 g/mol. The minimum atomic E-state index is 0.0432. The SMILES string of the molecule is CCNC(c1cc(C)ccc1OC)c1c(Br)cnn1CC. The second kappa shape index (κ2) is 7.09. The summed E-state index contributed by atoms with van der Waals surface area (Å²) in [6, 6.07) is 6.31. The Morgan fingerprint density at radius 3 is 2.76 bits per heavy atom. The molecule has 0 radical (unpaired) electrons. The van der Waals surface area contributed by atoms with E-state index in [1.807, 2.05) is 16.9 Å². The fourth-order valence-electron chi connectivity index (χ4n) is 2.55. The molecule has 4 nitrogen and oxygen atoms in total. The van der Waals surface area contributed by atoms with Crippen molar-refractivity contribution in [2.24, 2.45) is 0 Å². The topological polar surface area (TPSA) is 39.1 Å². The minimum Gasteiger partial charge on any atom is -0.496 e. The molecule has 1 N–H and O–H groups in total. The van der Waals surface area contributed by atoms with Crippen molar-refractivity contribution in [1.82, 2.24) is 15.1 Å². The molecule has 21 heavy (non-hydrogen) atoms. The highest BCUT2D eigenvalue weighted by Crippen LogP contribution is 2.34. The third kappa shape index (κ3) is 3.30. The van der Waals surface area contributed by atoms with Crippen LogP contribution < -0.4 is 10.1 Å².